The van der Waals surface area contributed by atoms with Gasteiger partial charge in [-0.2, -0.15) is 0 Å². The molecule has 19 heteroatoms. The number of sulfonamides is 1. The zero-order chi connectivity index (χ0) is 42.4. The molecule has 3 fully saturated rings. The number of nitrogens with zero attached hydrogens (tertiary/aromatic N) is 2. The maximum absolute atomic E-state index is 14.9. The molecular weight excluding hydrogens is 788 g/mol. The molecule has 15 nitrogen and oxygen atoms in total. The summed E-state index contributed by atoms with van der Waals surface area (Å²) < 4.78 is 92.5. The summed E-state index contributed by atoms with van der Waals surface area (Å²) >= 11 is 0. The standard InChI is InChI=1S/C39H50F3N5O10S/c1-7-28-30(44-36(51)57-37(3,4)34(41)42)33(49)47-20-24(56-32-25-18-26(40)29(54-6)16-22(25)12-15-43-32)17-27(47)31(48)45-39(19-23(39)11-9-8-10-21(2)55-28)35(50)46-58(52,53)38(5)13-14-38/h9,11-12,15-16,18,21,23-24,27-28,30,34H,7-8,10,13-14,17,19-20H2,1-6H3,(H,44,51)(H,45,48)(H,46,50)/b11-9-/t21-,23-,24-,27+,28+,30+,39-/m1/s1. The van der Waals surface area contributed by atoms with Gasteiger partial charge in [0.2, 0.25) is 27.7 Å². The largest absolute Gasteiger partial charge is 0.494 e. The molecule has 0 radical (unpaired) electrons. The third-order valence-corrected chi connectivity index (χ3v) is 13.6. The molecule has 3 N–H and O–H groups in total. The summed E-state index contributed by atoms with van der Waals surface area (Å²) in [6.45, 7) is 6.73. The molecule has 58 heavy (non-hydrogen) atoms. The van der Waals surface area contributed by atoms with Gasteiger partial charge in [-0.1, -0.05) is 19.1 Å². The van der Waals surface area contributed by atoms with E-state index in [0.29, 0.717) is 31.1 Å². The number of alkyl carbamates (subject to hydrolysis) is 1. The van der Waals surface area contributed by atoms with Crippen molar-refractivity contribution in [2.24, 2.45) is 5.92 Å². The van der Waals surface area contributed by atoms with Crippen LogP contribution in [0.5, 0.6) is 11.6 Å². The lowest BCUT2D eigenvalue weighted by molar-refractivity contribution is -0.145. The van der Waals surface area contributed by atoms with Crippen LogP contribution in [0.25, 0.3) is 10.8 Å². The molecule has 4 amide bonds. The van der Waals surface area contributed by atoms with Crippen LogP contribution < -0.4 is 24.8 Å². The number of carbonyl (C=O) groups is 4. The molecule has 2 aliphatic heterocycles. The fraction of sp³-hybridized carbons (Fsp3) is 0.615. The number of methoxy groups -OCH3 is 1. The Bertz CT molecular complexity index is 2080. The van der Waals surface area contributed by atoms with Crippen molar-refractivity contribution in [3.05, 3.63) is 42.4 Å². The molecular formula is C39H50F3N5O10S. The molecule has 2 aromatic rings. The van der Waals surface area contributed by atoms with Gasteiger partial charge < -0.3 is 34.5 Å². The third kappa shape index (κ3) is 8.70. The summed E-state index contributed by atoms with van der Waals surface area (Å²) in [7, 11) is -2.78. The first-order chi connectivity index (χ1) is 27.2. The van der Waals surface area contributed by atoms with Gasteiger partial charge in [-0.3, -0.25) is 19.1 Å². The van der Waals surface area contributed by atoms with Gasteiger partial charge in [0.15, 0.2) is 17.2 Å². The van der Waals surface area contributed by atoms with Gasteiger partial charge in [-0.25, -0.2) is 31.4 Å². The number of alkyl halides is 2. The van der Waals surface area contributed by atoms with Crippen LogP contribution in [-0.4, -0.2) is 108 Å². The number of aromatic nitrogens is 1. The maximum Gasteiger partial charge on any atom is 0.408 e. The summed E-state index contributed by atoms with van der Waals surface area (Å²) in [5.74, 6) is -3.89. The smallest absolute Gasteiger partial charge is 0.408 e. The average molecular weight is 838 g/mol. The summed E-state index contributed by atoms with van der Waals surface area (Å²) in [6, 6.07) is 1.31. The molecule has 0 unspecified atom stereocenters. The molecule has 0 spiro atoms. The Labute approximate surface area is 334 Å². The van der Waals surface area contributed by atoms with Crippen molar-refractivity contribution in [2.75, 3.05) is 13.7 Å². The number of pyridine rings is 1. The summed E-state index contributed by atoms with van der Waals surface area (Å²) in [4.78, 5) is 61.8. The van der Waals surface area contributed by atoms with Gasteiger partial charge in [-0.15, -0.1) is 0 Å². The lowest BCUT2D eigenvalue weighted by atomic mass is 10.0. The summed E-state index contributed by atoms with van der Waals surface area (Å²) in [5, 5.41) is 5.98. The molecule has 1 saturated heterocycles. The summed E-state index contributed by atoms with van der Waals surface area (Å²) in [5.41, 5.74) is -3.90. The zero-order valence-corrected chi connectivity index (χ0v) is 34.0. The Hall–Kier alpha value is -4.65. The van der Waals surface area contributed by atoms with Crippen LogP contribution >= 0.6 is 0 Å². The van der Waals surface area contributed by atoms with Crippen LogP contribution in [0.4, 0.5) is 18.0 Å². The van der Waals surface area contributed by atoms with E-state index in [1.54, 1.807) is 32.1 Å². The molecule has 2 aliphatic carbocycles. The van der Waals surface area contributed by atoms with Crippen molar-refractivity contribution in [3.8, 4) is 11.6 Å². The van der Waals surface area contributed by atoms with Crippen LogP contribution in [0.1, 0.15) is 79.6 Å². The predicted molar refractivity (Wildman–Crippen MR) is 203 cm³/mol. The zero-order valence-electron chi connectivity index (χ0n) is 33.2. The third-order valence-electron chi connectivity index (χ3n) is 11.4. The minimum absolute atomic E-state index is 0.0139. The van der Waals surface area contributed by atoms with Crippen LogP contribution in [0.3, 0.4) is 0 Å². The van der Waals surface area contributed by atoms with Crippen molar-refractivity contribution >= 4 is 44.6 Å². The lowest BCUT2D eigenvalue weighted by Gasteiger charge is -2.34. The molecule has 318 valence electrons. The molecule has 6 rings (SSSR count). The van der Waals surface area contributed by atoms with E-state index in [1.165, 1.54) is 32.4 Å². The fourth-order valence-electron chi connectivity index (χ4n) is 7.30. The maximum atomic E-state index is 14.9. The number of rotatable bonds is 10. The van der Waals surface area contributed by atoms with Crippen molar-refractivity contribution in [1.29, 1.82) is 0 Å². The second kappa shape index (κ2) is 16.2. The Morgan fingerprint density at radius 1 is 1.21 bits per heavy atom. The molecule has 7 atom stereocenters. The summed E-state index contributed by atoms with van der Waals surface area (Å²) in [6.07, 6.45) is -0.269. The first-order valence-electron chi connectivity index (χ1n) is 19.3. The Kier molecular flexibility index (Phi) is 12.0. The number of ether oxygens (including phenoxy) is 4. The van der Waals surface area contributed by atoms with Crippen molar-refractivity contribution in [2.45, 2.75) is 132 Å². The highest BCUT2D eigenvalue weighted by Crippen LogP contribution is 2.47. The van der Waals surface area contributed by atoms with Crippen LogP contribution in [0.2, 0.25) is 0 Å². The lowest BCUT2D eigenvalue weighted by Crippen LogP contribution is -2.61. The molecule has 1 aromatic heterocycles. The van der Waals surface area contributed by atoms with E-state index in [2.05, 4.69) is 20.3 Å². The van der Waals surface area contributed by atoms with E-state index < -0.39 is 98.3 Å². The van der Waals surface area contributed by atoms with Gasteiger partial charge in [-0.05, 0) is 89.8 Å². The number of nitrogens with one attached hydrogen (secondary N) is 3. The molecule has 4 aliphatic rings. The number of carbonyl (C=O) groups excluding carboxylic acids is 4. The second-order valence-corrected chi connectivity index (χ2v) is 18.5. The minimum atomic E-state index is -4.10. The Morgan fingerprint density at radius 2 is 1.93 bits per heavy atom. The SMILES string of the molecule is CC[C@@H]1O[C@H](C)CC/C=C\[C@@H]2C[C@@]2(C(=O)NS(=O)(=O)C2(C)CC2)NC(=O)[C@@H]2C[C@@H](Oc3nccc4cc(OC)c(F)cc34)CN2C(=O)[C@H]1NC(=O)OC(C)(C)C(F)F. The van der Waals surface area contributed by atoms with Gasteiger partial charge in [0, 0.05) is 23.9 Å². The monoisotopic (exact) mass is 837 g/mol. The van der Waals surface area contributed by atoms with E-state index in [-0.39, 0.29) is 42.8 Å². The molecule has 2 saturated carbocycles. The fourth-order valence-corrected chi connectivity index (χ4v) is 8.61. The van der Waals surface area contributed by atoms with Gasteiger partial charge in [0.25, 0.3) is 12.3 Å². The van der Waals surface area contributed by atoms with Crippen LogP contribution in [0.15, 0.2) is 36.5 Å². The topological polar surface area (TPSA) is 192 Å². The number of amides is 4. The normalized spacial score (nSPS) is 29.2. The van der Waals surface area contributed by atoms with E-state index in [0.717, 1.165) is 18.7 Å². The Morgan fingerprint density at radius 3 is 2.59 bits per heavy atom. The van der Waals surface area contributed by atoms with Crippen molar-refractivity contribution in [3.63, 3.8) is 0 Å². The second-order valence-electron chi connectivity index (χ2n) is 16.3. The minimum Gasteiger partial charge on any atom is -0.494 e. The number of halogens is 3. The van der Waals surface area contributed by atoms with Crippen LogP contribution in [-0.2, 0) is 33.9 Å². The van der Waals surface area contributed by atoms with Gasteiger partial charge in [0.05, 0.1) is 30.6 Å². The molecule has 0 bridgehead atoms. The van der Waals surface area contributed by atoms with Gasteiger partial charge in [0.1, 0.15) is 23.7 Å². The molecule has 1 aromatic carbocycles. The van der Waals surface area contributed by atoms with Crippen molar-refractivity contribution in [1.82, 2.24) is 25.2 Å². The van der Waals surface area contributed by atoms with Crippen LogP contribution in [0, 0.1) is 11.7 Å². The van der Waals surface area contributed by atoms with E-state index in [9.17, 15) is 40.8 Å². The van der Waals surface area contributed by atoms with E-state index in [1.807, 2.05) is 0 Å². The van der Waals surface area contributed by atoms with Crippen molar-refractivity contribution < 1.29 is 59.7 Å². The van der Waals surface area contributed by atoms with E-state index >= 15 is 0 Å². The highest BCUT2D eigenvalue weighted by molar-refractivity contribution is 7.91. The quantitative estimate of drug-likeness (QED) is 0.290. The highest BCUT2D eigenvalue weighted by Gasteiger charge is 2.63. The number of fused-ring (bicyclic) bond motifs is 3. The average Bonchev–Trinajstić information content (AvgIpc) is 4.04. The van der Waals surface area contributed by atoms with Gasteiger partial charge >= 0.3 is 6.09 Å². The predicted octanol–water partition coefficient (Wildman–Crippen LogP) is 4.28. The number of hydrogen-bond acceptors (Lipinski definition) is 11. The first-order valence-corrected chi connectivity index (χ1v) is 20.8. The number of benzene rings is 1. The number of allylic oxidation sites excluding steroid dienone is 1. The van der Waals surface area contributed by atoms with E-state index in [4.69, 9.17) is 18.9 Å². The number of hydrogen-bond donors (Lipinski definition) is 3. The molecule has 3 heterocycles. The highest BCUT2D eigenvalue weighted by atomic mass is 32.2. The Balaban J connectivity index is 1.37. The first kappa shape index (κ1) is 42.9.